The molecule has 0 heterocycles. The third-order valence-corrected chi connectivity index (χ3v) is 3.97. The molecule has 1 aromatic carbocycles. The summed E-state index contributed by atoms with van der Waals surface area (Å²) in [5.74, 6) is 0.359. The van der Waals surface area contributed by atoms with Gasteiger partial charge in [0.2, 0.25) is 0 Å². The van der Waals surface area contributed by atoms with Crippen LogP contribution in [0.5, 0.6) is 0 Å². The Bertz CT molecular complexity index is 521. The predicted molar refractivity (Wildman–Crippen MR) is 86.8 cm³/mol. The van der Waals surface area contributed by atoms with Crippen LogP contribution in [-0.2, 0) is 6.18 Å². The molecule has 1 atom stereocenters. The minimum atomic E-state index is -4.48. The van der Waals surface area contributed by atoms with Gasteiger partial charge in [-0.15, -0.1) is 0 Å². The van der Waals surface area contributed by atoms with Crippen molar-refractivity contribution in [1.29, 1.82) is 0 Å². The molecule has 2 N–H and O–H groups in total. The van der Waals surface area contributed by atoms with Crippen LogP contribution < -0.4 is 10.6 Å². The lowest BCUT2D eigenvalue weighted by atomic mass is 9.99. The molecule has 0 saturated heterocycles. The Labute approximate surface area is 139 Å². The van der Waals surface area contributed by atoms with E-state index in [0.29, 0.717) is 12.5 Å². The van der Waals surface area contributed by atoms with Crippen molar-refractivity contribution in [2.24, 2.45) is 5.92 Å². The normalized spacial score (nSPS) is 12.8. The highest BCUT2D eigenvalue weighted by atomic mass is 35.5. The zero-order chi connectivity index (χ0) is 17.5. The molecule has 0 radical (unpaired) electrons. The van der Waals surface area contributed by atoms with Gasteiger partial charge in [-0.3, -0.25) is 0 Å². The lowest BCUT2D eigenvalue weighted by Crippen LogP contribution is -2.33. The van der Waals surface area contributed by atoms with E-state index in [4.69, 9.17) is 11.6 Å². The topological polar surface area (TPSA) is 41.1 Å². The molecule has 23 heavy (non-hydrogen) atoms. The molecule has 1 aromatic rings. The van der Waals surface area contributed by atoms with Crippen molar-refractivity contribution < 1.29 is 18.0 Å². The molecule has 1 unspecified atom stereocenters. The Morgan fingerprint density at radius 3 is 2.57 bits per heavy atom. The number of rotatable bonds is 7. The SMILES string of the molecule is CCCCC(CC)CNC(=O)Nc1cc(C(F)(F)F)ccc1Cl. The van der Waals surface area contributed by atoms with Gasteiger partial charge in [-0.05, 0) is 30.5 Å². The molecular formula is C16H22ClF3N2O. The fourth-order valence-corrected chi connectivity index (χ4v) is 2.31. The van der Waals surface area contributed by atoms with E-state index in [1.165, 1.54) is 0 Å². The van der Waals surface area contributed by atoms with Crippen molar-refractivity contribution >= 4 is 23.3 Å². The van der Waals surface area contributed by atoms with Crippen LogP contribution in [0, 0.1) is 5.92 Å². The van der Waals surface area contributed by atoms with Crippen LogP contribution in [-0.4, -0.2) is 12.6 Å². The van der Waals surface area contributed by atoms with E-state index >= 15 is 0 Å². The summed E-state index contributed by atoms with van der Waals surface area (Å²) in [5.41, 5.74) is -0.910. The number of urea groups is 1. The Balaban J connectivity index is 2.63. The Morgan fingerprint density at radius 2 is 2.00 bits per heavy atom. The molecule has 0 aliphatic heterocycles. The number of carbonyl (C=O) groups excluding carboxylic acids is 1. The van der Waals surface area contributed by atoms with Gasteiger partial charge in [0.05, 0.1) is 16.3 Å². The Morgan fingerprint density at radius 1 is 1.30 bits per heavy atom. The predicted octanol–water partition coefficient (Wildman–Crippen LogP) is 5.70. The average molecular weight is 351 g/mol. The monoisotopic (exact) mass is 350 g/mol. The zero-order valence-electron chi connectivity index (χ0n) is 13.3. The minimum Gasteiger partial charge on any atom is -0.338 e. The van der Waals surface area contributed by atoms with Gasteiger partial charge in [-0.25, -0.2) is 4.79 Å². The molecule has 2 amide bonds. The highest BCUT2D eigenvalue weighted by Crippen LogP contribution is 2.33. The van der Waals surface area contributed by atoms with Crippen LogP contribution in [0.1, 0.15) is 45.1 Å². The molecule has 7 heteroatoms. The number of nitrogens with one attached hydrogen (secondary N) is 2. The van der Waals surface area contributed by atoms with Gasteiger partial charge in [0.25, 0.3) is 0 Å². The number of benzene rings is 1. The molecular weight excluding hydrogens is 329 g/mol. The van der Waals surface area contributed by atoms with Crippen LogP contribution >= 0.6 is 11.6 Å². The van der Waals surface area contributed by atoms with Gasteiger partial charge in [-0.2, -0.15) is 13.2 Å². The summed E-state index contributed by atoms with van der Waals surface area (Å²) >= 11 is 5.84. The molecule has 0 aliphatic rings. The van der Waals surface area contributed by atoms with E-state index in [9.17, 15) is 18.0 Å². The quantitative estimate of drug-likeness (QED) is 0.651. The standard InChI is InChI=1S/C16H22ClF3N2O/c1-3-5-6-11(4-2)10-21-15(23)22-14-9-12(16(18,19)20)7-8-13(14)17/h7-9,11H,3-6,10H2,1-2H3,(H2,21,22,23). The van der Waals surface area contributed by atoms with E-state index in [0.717, 1.165) is 43.9 Å². The smallest absolute Gasteiger partial charge is 0.338 e. The minimum absolute atomic E-state index is 0.0550. The molecule has 0 saturated carbocycles. The van der Waals surface area contributed by atoms with Crippen LogP contribution in [0.25, 0.3) is 0 Å². The lowest BCUT2D eigenvalue weighted by molar-refractivity contribution is -0.137. The summed E-state index contributed by atoms with van der Waals surface area (Å²) in [6.45, 7) is 4.63. The molecule has 0 aromatic heterocycles. The van der Waals surface area contributed by atoms with Crippen molar-refractivity contribution in [3.8, 4) is 0 Å². The number of amides is 2. The van der Waals surface area contributed by atoms with Gasteiger partial charge in [0, 0.05) is 6.54 Å². The second-order valence-corrected chi connectivity index (χ2v) is 5.85. The number of anilines is 1. The van der Waals surface area contributed by atoms with Crippen LogP contribution in [0.15, 0.2) is 18.2 Å². The van der Waals surface area contributed by atoms with Crippen molar-refractivity contribution in [3.63, 3.8) is 0 Å². The van der Waals surface area contributed by atoms with E-state index in [1.54, 1.807) is 0 Å². The fraction of sp³-hybridized carbons (Fsp3) is 0.562. The van der Waals surface area contributed by atoms with Crippen molar-refractivity contribution in [1.82, 2.24) is 5.32 Å². The number of carbonyl (C=O) groups is 1. The number of hydrogen-bond acceptors (Lipinski definition) is 1. The third-order valence-electron chi connectivity index (χ3n) is 3.64. The second-order valence-electron chi connectivity index (χ2n) is 5.44. The Kier molecular flexibility index (Phi) is 7.68. The third kappa shape index (κ3) is 6.69. The van der Waals surface area contributed by atoms with Crippen molar-refractivity contribution in [3.05, 3.63) is 28.8 Å². The molecule has 130 valence electrons. The largest absolute Gasteiger partial charge is 0.416 e. The van der Waals surface area contributed by atoms with Gasteiger partial charge < -0.3 is 10.6 Å². The highest BCUT2D eigenvalue weighted by molar-refractivity contribution is 6.33. The lowest BCUT2D eigenvalue weighted by Gasteiger charge is -2.16. The molecule has 0 spiro atoms. The second kappa shape index (κ2) is 9.01. The van der Waals surface area contributed by atoms with Gasteiger partial charge >= 0.3 is 12.2 Å². The molecule has 3 nitrogen and oxygen atoms in total. The number of halogens is 4. The van der Waals surface area contributed by atoms with E-state index in [2.05, 4.69) is 17.6 Å². The van der Waals surface area contributed by atoms with Gasteiger partial charge in [-0.1, -0.05) is 44.7 Å². The maximum absolute atomic E-state index is 12.7. The van der Waals surface area contributed by atoms with Crippen LogP contribution in [0.3, 0.4) is 0 Å². The van der Waals surface area contributed by atoms with Crippen molar-refractivity contribution in [2.45, 2.75) is 45.7 Å². The molecule has 0 aliphatic carbocycles. The Hall–Kier alpha value is -1.43. The number of alkyl halides is 3. The first kappa shape index (κ1) is 19.6. The molecule has 0 bridgehead atoms. The number of unbranched alkanes of at least 4 members (excludes halogenated alkanes) is 1. The molecule has 1 rings (SSSR count). The van der Waals surface area contributed by atoms with E-state index in [1.807, 2.05) is 6.92 Å². The summed E-state index contributed by atoms with van der Waals surface area (Å²) in [6.07, 6.45) is -0.364. The first-order chi connectivity index (χ1) is 10.8. The van der Waals surface area contributed by atoms with Gasteiger partial charge in [0.1, 0.15) is 0 Å². The van der Waals surface area contributed by atoms with E-state index in [-0.39, 0.29) is 10.7 Å². The summed E-state index contributed by atoms with van der Waals surface area (Å²) in [7, 11) is 0. The van der Waals surface area contributed by atoms with Crippen molar-refractivity contribution in [2.75, 3.05) is 11.9 Å². The maximum Gasteiger partial charge on any atom is 0.416 e. The van der Waals surface area contributed by atoms with Gasteiger partial charge in [0.15, 0.2) is 0 Å². The van der Waals surface area contributed by atoms with Crippen LogP contribution in [0.4, 0.5) is 23.7 Å². The highest BCUT2D eigenvalue weighted by Gasteiger charge is 2.31. The average Bonchev–Trinajstić information content (AvgIpc) is 2.48. The van der Waals surface area contributed by atoms with Crippen LogP contribution in [0.2, 0.25) is 5.02 Å². The first-order valence-corrected chi connectivity index (χ1v) is 8.07. The summed E-state index contributed by atoms with van der Waals surface area (Å²) < 4.78 is 38.1. The summed E-state index contributed by atoms with van der Waals surface area (Å²) in [4.78, 5) is 11.9. The summed E-state index contributed by atoms with van der Waals surface area (Å²) in [6, 6.07) is 2.27. The molecule has 0 fully saturated rings. The number of hydrogen-bond donors (Lipinski definition) is 2. The fourth-order valence-electron chi connectivity index (χ4n) is 2.14. The zero-order valence-corrected chi connectivity index (χ0v) is 14.0. The first-order valence-electron chi connectivity index (χ1n) is 7.69. The van der Waals surface area contributed by atoms with E-state index < -0.39 is 17.8 Å². The summed E-state index contributed by atoms with van der Waals surface area (Å²) in [5, 5.41) is 5.12. The maximum atomic E-state index is 12.7.